The second-order valence-electron chi connectivity index (χ2n) is 4.45. The van der Waals surface area contributed by atoms with Gasteiger partial charge in [-0.05, 0) is 34.9 Å². The van der Waals surface area contributed by atoms with Gasteiger partial charge in [-0.1, -0.05) is 30.3 Å². The van der Waals surface area contributed by atoms with Gasteiger partial charge in [-0.2, -0.15) is 11.3 Å². The molecule has 0 aliphatic carbocycles. The fourth-order valence-corrected chi connectivity index (χ4v) is 2.51. The van der Waals surface area contributed by atoms with Gasteiger partial charge in [0.2, 0.25) is 0 Å². The molecule has 0 saturated carbocycles. The Morgan fingerprint density at radius 1 is 1.18 bits per heavy atom. The zero-order chi connectivity index (χ0) is 15.8. The van der Waals surface area contributed by atoms with Gasteiger partial charge in [-0.15, -0.1) is 0 Å². The number of hydrogen-bond donors (Lipinski definition) is 1. The van der Waals surface area contributed by atoms with E-state index in [0.29, 0.717) is 5.56 Å². The van der Waals surface area contributed by atoms with Crippen LogP contribution < -0.4 is 5.32 Å². The number of nitrogens with one attached hydrogen (secondary N) is 1. The number of esters is 1. The van der Waals surface area contributed by atoms with Crippen LogP contribution in [-0.4, -0.2) is 18.7 Å². The van der Waals surface area contributed by atoms with Crippen LogP contribution in [-0.2, 0) is 20.9 Å². The summed E-state index contributed by atoms with van der Waals surface area (Å²) in [7, 11) is 0. The first kappa shape index (κ1) is 16.0. The number of hydrogen-bond acceptors (Lipinski definition) is 5. The highest BCUT2D eigenvalue weighted by atomic mass is 32.1. The predicted molar refractivity (Wildman–Crippen MR) is 83.5 cm³/mol. The maximum Gasteiger partial charge on any atom is 0.408 e. The summed E-state index contributed by atoms with van der Waals surface area (Å²) in [5.74, 6) is -0.502. The van der Waals surface area contributed by atoms with Gasteiger partial charge in [-0.25, -0.2) is 9.59 Å². The van der Waals surface area contributed by atoms with E-state index in [1.807, 2.05) is 35.7 Å². The normalized spacial score (nSPS) is 11.5. The van der Waals surface area contributed by atoms with Crippen molar-refractivity contribution in [2.45, 2.75) is 19.6 Å². The summed E-state index contributed by atoms with van der Waals surface area (Å²) < 4.78 is 10.1. The fourth-order valence-electron chi connectivity index (χ4n) is 1.83. The largest absolute Gasteiger partial charge is 0.464 e. The molecule has 0 bridgehead atoms. The Kier molecular flexibility index (Phi) is 5.97. The van der Waals surface area contributed by atoms with E-state index in [2.05, 4.69) is 5.32 Å². The molecule has 6 heteroatoms. The van der Waals surface area contributed by atoms with Crippen molar-refractivity contribution in [3.05, 3.63) is 58.3 Å². The van der Waals surface area contributed by atoms with Crippen molar-refractivity contribution >= 4 is 23.4 Å². The van der Waals surface area contributed by atoms with E-state index in [0.717, 1.165) is 5.56 Å². The molecule has 1 aromatic heterocycles. The first-order valence-corrected chi connectivity index (χ1v) is 7.81. The minimum atomic E-state index is -0.852. The second-order valence-corrected chi connectivity index (χ2v) is 5.23. The van der Waals surface area contributed by atoms with Crippen LogP contribution in [0.25, 0.3) is 0 Å². The Hall–Kier alpha value is -2.34. The molecule has 1 N–H and O–H groups in total. The molecule has 1 unspecified atom stereocenters. The number of alkyl carbamates (subject to hydrolysis) is 1. The summed E-state index contributed by atoms with van der Waals surface area (Å²) in [6, 6.07) is 10.2. The average Bonchev–Trinajstić information content (AvgIpc) is 3.06. The highest BCUT2D eigenvalue weighted by Gasteiger charge is 2.25. The van der Waals surface area contributed by atoms with Crippen LogP contribution in [0, 0.1) is 0 Å². The minimum absolute atomic E-state index is 0.145. The van der Waals surface area contributed by atoms with Crippen molar-refractivity contribution in [1.29, 1.82) is 0 Å². The number of carbonyl (C=O) groups is 2. The molecule has 116 valence electrons. The summed E-state index contributed by atoms with van der Waals surface area (Å²) in [5.41, 5.74) is 1.56. The lowest BCUT2D eigenvalue weighted by atomic mass is 10.1. The molecular weight excluding hydrogens is 302 g/mol. The van der Waals surface area contributed by atoms with Gasteiger partial charge in [0.15, 0.2) is 6.04 Å². The predicted octanol–water partition coefficient (Wildman–Crippen LogP) is 3.28. The van der Waals surface area contributed by atoms with Gasteiger partial charge in [0.25, 0.3) is 0 Å². The Labute approximate surface area is 132 Å². The Morgan fingerprint density at radius 3 is 2.59 bits per heavy atom. The van der Waals surface area contributed by atoms with E-state index >= 15 is 0 Å². The Bertz CT molecular complexity index is 598. The first-order valence-electron chi connectivity index (χ1n) is 6.86. The van der Waals surface area contributed by atoms with Crippen LogP contribution in [0.3, 0.4) is 0 Å². The first-order chi connectivity index (χ1) is 10.7. The lowest BCUT2D eigenvalue weighted by molar-refractivity contribution is -0.145. The van der Waals surface area contributed by atoms with E-state index in [1.54, 1.807) is 18.4 Å². The summed E-state index contributed by atoms with van der Waals surface area (Å²) in [6.45, 7) is 2.11. The summed E-state index contributed by atoms with van der Waals surface area (Å²) in [4.78, 5) is 23.9. The molecule has 0 aliphatic heterocycles. The maximum atomic E-state index is 12.0. The molecule has 2 rings (SSSR count). The van der Waals surface area contributed by atoms with E-state index in [4.69, 9.17) is 9.47 Å². The third-order valence-electron chi connectivity index (χ3n) is 2.87. The van der Waals surface area contributed by atoms with Gasteiger partial charge >= 0.3 is 12.1 Å². The topological polar surface area (TPSA) is 64.6 Å². The average molecular weight is 319 g/mol. The third-order valence-corrected chi connectivity index (χ3v) is 3.58. The quantitative estimate of drug-likeness (QED) is 0.830. The smallest absolute Gasteiger partial charge is 0.408 e. The number of thiophene rings is 1. The Balaban J connectivity index is 1.95. The van der Waals surface area contributed by atoms with Crippen LogP contribution in [0.4, 0.5) is 4.79 Å². The van der Waals surface area contributed by atoms with Crippen molar-refractivity contribution in [1.82, 2.24) is 5.32 Å². The molecule has 1 aromatic carbocycles. The zero-order valence-corrected chi connectivity index (χ0v) is 13.0. The summed E-state index contributed by atoms with van der Waals surface area (Å²) in [5, 5.41) is 6.17. The lowest BCUT2D eigenvalue weighted by Gasteiger charge is -2.16. The van der Waals surface area contributed by atoms with E-state index in [-0.39, 0.29) is 13.2 Å². The molecule has 0 aliphatic rings. The molecule has 1 amide bonds. The molecule has 2 aromatic rings. The molecule has 0 spiro atoms. The van der Waals surface area contributed by atoms with Gasteiger partial charge in [0.05, 0.1) is 6.61 Å². The number of ether oxygens (including phenoxy) is 2. The van der Waals surface area contributed by atoms with Gasteiger partial charge in [0.1, 0.15) is 6.61 Å². The zero-order valence-electron chi connectivity index (χ0n) is 12.2. The van der Waals surface area contributed by atoms with Crippen LogP contribution in [0.5, 0.6) is 0 Å². The lowest BCUT2D eigenvalue weighted by Crippen LogP contribution is -2.35. The molecule has 0 fully saturated rings. The van der Waals surface area contributed by atoms with E-state index in [9.17, 15) is 9.59 Å². The van der Waals surface area contributed by atoms with Gasteiger partial charge < -0.3 is 14.8 Å². The number of amides is 1. The number of carbonyl (C=O) groups excluding carboxylic acids is 2. The molecule has 0 saturated heterocycles. The van der Waals surface area contributed by atoms with Gasteiger partial charge in [-0.3, -0.25) is 0 Å². The van der Waals surface area contributed by atoms with Crippen molar-refractivity contribution in [3.63, 3.8) is 0 Å². The maximum absolute atomic E-state index is 12.0. The van der Waals surface area contributed by atoms with Crippen molar-refractivity contribution in [2.75, 3.05) is 6.61 Å². The SMILES string of the molecule is CCOC(=O)C(NC(=O)OCc1ccccc1)c1ccsc1. The van der Waals surface area contributed by atoms with Crippen LogP contribution in [0.1, 0.15) is 24.1 Å². The fraction of sp³-hybridized carbons (Fsp3) is 0.250. The molecular formula is C16H17NO4S. The van der Waals surface area contributed by atoms with E-state index < -0.39 is 18.1 Å². The molecule has 1 atom stereocenters. The molecule has 5 nitrogen and oxygen atoms in total. The van der Waals surface area contributed by atoms with Crippen LogP contribution >= 0.6 is 11.3 Å². The van der Waals surface area contributed by atoms with E-state index in [1.165, 1.54) is 11.3 Å². The van der Waals surface area contributed by atoms with Gasteiger partial charge in [0, 0.05) is 0 Å². The number of rotatable bonds is 6. The highest BCUT2D eigenvalue weighted by Crippen LogP contribution is 2.18. The minimum Gasteiger partial charge on any atom is -0.464 e. The van der Waals surface area contributed by atoms with Crippen LogP contribution in [0.15, 0.2) is 47.2 Å². The third kappa shape index (κ3) is 4.60. The monoisotopic (exact) mass is 319 g/mol. The summed E-state index contributed by atoms with van der Waals surface area (Å²) in [6.07, 6.45) is -0.659. The standard InChI is InChI=1S/C16H17NO4S/c1-2-20-15(18)14(13-8-9-22-11-13)17-16(19)21-10-12-6-4-3-5-7-12/h3-9,11,14H,2,10H2,1H3,(H,17,19). The van der Waals surface area contributed by atoms with Crippen LogP contribution in [0.2, 0.25) is 0 Å². The molecule has 0 radical (unpaired) electrons. The molecule has 22 heavy (non-hydrogen) atoms. The second kappa shape index (κ2) is 8.19. The molecule has 1 heterocycles. The van der Waals surface area contributed by atoms with Crippen molar-refractivity contribution < 1.29 is 19.1 Å². The van der Waals surface area contributed by atoms with Crippen molar-refractivity contribution in [3.8, 4) is 0 Å². The number of benzene rings is 1. The summed E-state index contributed by atoms with van der Waals surface area (Å²) >= 11 is 1.44. The Morgan fingerprint density at radius 2 is 1.95 bits per heavy atom. The van der Waals surface area contributed by atoms with Crippen molar-refractivity contribution in [2.24, 2.45) is 0 Å². The highest BCUT2D eigenvalue weighted by molar-refractivity contribution is 7.08.